The molecule has 3 heterocycles. The number of halogens is 3. The van der Waals surface area contributed by atoms with E-state index in [0.29, 0.717) is 17.7 Å². The Kier molecular flexibility index (Phi) is 6.75. The lowest BCUT2D eigenvalue weighted by molar-refractivity contribution is -0.137. The molecule has 188 valence electrons. The minimum absolute atomic E-state index is 0.0642. The zero-order valence-corrected chi connectivity index (χ0v) is 20.3. The third kappa shape index (κ3) is 5.62. The highest BCUT2D eigenvalue weighted by Gasteiger charge is 2.30. The van der Waals surface area contributed by atoms with Crippen LogP contribution < -0.4 is 0 Å². The van der Waals surface area contributed by atoms with Gasteiger partial charge in [0.05, 0.1) is 35.9 Å². The summed E-state index contributed by atoms with van der Waals surface area (Å²) in [6, 6.07) is 16.6. The second kappa shape index (κ2) is 10.3. The van der Waals surface area contributed by atoms with Gasteiger partial charge in [-0.15, -0.1) is 0 Å². The molecule has 0 atom stereocenters. The van der Waals surface area contributed by atoms with Crippen LogP contribution >= 0.6 is 0 Å². The predicted octanol–water partition coefficient (Wildman–Crippen LogP) is 6.03. The number of fused-ring (bicyclic) bond motifs is 1. The molecule has 0 saturated heterocycles. The van der Waals surface area contributed by atoms with Crippen LogP contribution in [0.5, 0.6) is 0 Å². The van der Waals surface area contributed by atoms with Gasteiger partial charge in [-0.1, -0.05) is 30.0 Å². The summed E-state index contributed by atoms with van der Waals surface area (Å²) in [5, 5.41) is 0. The average molecular weight is 511 g/mol. The van der Waals surface area contributed by atoms with Gasteiger partial charge in [-0.2, -0.15) is 13.2 Å². The summed E-state index contributed by atoms with van der Waals surface area (Å²) in [5.41, 5.74) is 4.78. The number of ketones is 1. The van der Waals surface area contributed by atoms with E-state index in [1.807, 2.05) is 48.0 Å². The molecule has 0 aliphatic carbocycles. The van der Waals surface area contributed by atoms with Crippen molar-refractivity contribution >= 4 is 16.8 Å². The maximum absolute atomic E-state index is 13.0. The fraction of sp³-hybridized carbons (Fsp3) is 0.133. The first kappa shape index (κ1) is 24.9. The number of carbonyl (C=O) groups excluding carboxylic acids is 1. The molecule has 0 N–H and O–H groups in total. The Morgan fingerprint density at radius 2 is 1.84 bits per heavy atom. The van der Waals surface area contributed by atoms with Crippen LogP contribution in [0.4, 0.5) is 13.2 Å². The Morgan fingerprint density at radius 1 is 0.974 bits per heavy atom. The summed E-state index contributed by atoms with van der Waals surface area (Å²) in [5.74, 6) is 5.92. The minimum atomic E-state index is -4.49. The number of hydrogen-bond donors (Lipinski definition) is 0. The lowest BCUT2D eigenvalue weighted by Crippen LogP contribution is -2.09. The van der Waals surface area contributed by atoms with E-state index in [1.165, 1.54) is 0 Å². The maximum Gasteiger partial charge on any atom is 0.416 e. The molecule has 0 radical (unpaired) electrons. The van der Waals surface area contributed by atoms with E-state index in [1.54, 1.807) is 30.7 Å². The van der Waals surface area contributed by atoms with Gasteiger partial charge in [-0.3, -0.25) is 14.8 Å². The van der Waals surface area contributed by atoms with Gasteiger partial charge in [0.2, 0.25) is 0 Å². The quantitative estimate of drug-likeness (QED) is 0.214. The van der Waals surface area contributed by atoms with Crippen molar-refractivity contribution in [1.82, 2.24) is 19.5 Å². The second-order valence-corrected chi connectivity index (χ2v) is 8.85. The van der Waals surface area contributed by atoms with E-state index < -0.39 is 11.7 Å². The van der Waals surface area contributed by atoms with Crippen molar-refractivity contribution in [2.24, 2.45) is 0 Å². The lowest BCUT2D eigenvalue weighted by atomic mass is 9.99. The van der Waals surface area contributed by atoms with Gasteiger partial charge >= 0.3 is 6.18 Å². The van der Waals surface area contributed by atoms with Crippen LogP contribution in [0.25, 0.3) is 11.0 Å². The molecule has 5 rings (SSSR count). The second-order valence-electron chi connectivity index (χ2n) is 8.85. The summed E-state index contributed by atoms with van der Waals surface area (Å²) in [6.45, 7) is 2.54. The molecule has 5 nitrogen and oxygen atoms in total. The first-order valence-electron chi connectivity index (χ1n) is 11.8. The molecular weight excluding hydrogens is 489 g/mol. The molecule has 0 aliphatic heterocycles. The SMILES string of the molecule is Cc1ccc(C(=O)Cc2cc(C(F)(F)F)ccn2)cc1C#Cc1ccc2c(c1)ncn2Cc1cccnc1. The predicted molar refractivity (Wildman–Crippen MR) is 138 cm³/mol. The van der Waals surface area contributed by atoms with E-state index >= 15 is 0 Å². The first-order chi connectivity index (χ1) is 18.3. The van der Waals surface area contributed by atoms with Crippen LogP contribution in [0.1, 0.15) is 43.9 Å². The molecule has 8 heteroatoms. The van der Waals surface area contributed by atoms with Gasteiger partial charge in [0, 0.05) is 41.0 Å². The Labute approximate surface area is 217 Å². The topological polar surface area (TPSA) is 60.7 Å². The van der Waals surface area contributed by atoms with Crippen LogP contribution in [-0.4, -0.2) is 25.3 Å². The van der Waals surface area contributed by atoms with Crippen LogP contribution in [0.2, 0.25) is 0 Å². The Balaban J connectivity index is 1.35. The number of Topliss-reactive ketones (excluding diaryl/α,β-unsaturated/α-hetero) is 1. The molecule has 38 heavy (non-hydrogen) atoms. The number of rotatable bonds is 5. The van der Waals surface area contributed by atoms with Gasteiger partial charge < -0.3 is 4.57 Å². The van der Waals surface area contributed by atoms with E-state index in [-0.39, 0.29) is 17.9 Å². The fourth-order valence-corrected chi connectivity index (χ4v) is 4.04. The summed E-state index contributed by atoms with van der Waals surface area (Å²) in [4.78, 5) is 25.4. The molecule has 0 aliphatic rings. The van der Waals surface area contributed by atoms with Crippen LogP contribution in [0.15, 0.2) is 85.6 Å². The van der Waals surface area contributed by atoms with Crippen molar-refractivity contribution in [3.05, 3.63) is 125 Å². The average Bonchev–Trinajstić information content (AvgIpc) is 3.30. The molecule has 2 aromatic carbocycles. The molecular formula is C30H21F3N4O. The van der Waals surface area contributed by atoms with Crippen molar-refractivity contribution in [3.8, 4) is 11.8 Å². The van der Waals surface area contributed by atoms with E-state index in [2.05, 4.69) is 26.8 Å². The summed E-state index contributed by atoms with van der Waals surface area (Å²) in [6.07, 6.45) is 1.68. The van der Waals surface area contributed by atoms with Gasteiger partial charge in [0.25, 0.3) is 0 Å². The number of aromatic nitrogens is 4. The van der Waals surface area contributed by atoms with Gasteiger partial charge in [0.1, 0.15) is 0 Å². The number of benzene rings is 2. The highest BCUT2D eigenvalue weighted by Crippen LogP contribution is 2.29. The number of nitrogens with zero attached hydrogens (tertiary/aromatic N) is 4. The van der Waals surface area contributed by atoms with Crippen LogP contribution in [-0.2, 0) is 19.1 Å². The number of imidazole rings is 1. The first-order valence-corrected chi connectivity index (χ1v) is 11.8. The minimum Gasteiger partial charge on any atom is -0.326 e. The number of alkyl halides is 3. The fourth-order valence-electron chi connectivity index (χ4n) is 4.04. The van der Waals surface area contributed by atoms with E-state index in [4.69, 9.17) is 0 Å². The van der Waals surface area contributed by atoms with Crippen LogP contribution in [0, 0.1) is 18.8 Å². The number of aryl methyl sites for hydroxylation is 1. The molecule has 0 fully saturated rings. The molecule has 5 aromatic rings. The van der Waals surface area contributed by atoms with Crippen molar-refractivity contribution in [3.63, 3.8) is 0 Å². The van der Waals surface area contributed by atoms with Crippen molar-refractivity contribution in [1.29, 1.82) is 0 Å². The van der Waals surface area contributed by atoms with Crippen molar-refractivity contribution < 1.29 is 18.0 Å². The molecule has 0 bridgehead atoms. The monoisotopic (exact) mass is 510 g/mol. The zero-order chi connectivity index (χ0) is 26.7. The maximum atomic E-state index is 13.0. The van der Waals surface area contributed by atoms with Gasteiger partial charge in [-0.25, -0.2) is 4.98 Å². The Morgan fingerprint density at radius 3 is 2.63 bits per heavy atom. The third-order valence-electron chi connectivity index (χ3n) is 6.08. The summed E-state index contributed by atoms with van der Waals surface area (Å²) >= 11 is 0. The standard InChI is InChI=1S/C30H21F3N4O/c1-20-4-7-24(29(38)16-26-15-25(10-12-35-26)30(31,32)33)14-23(20)8-5-21-6-9-28-27(13-21)36-19-37(28)18-22-3-2-11-34-17-22/h2-4,6-7,9-15,17,19H,16,18H2,1H3. The summed E-state index contributed by atoms with van der Waals surface area (Å²) < 4.78 is 41.0. The van der Waals surface area contributed by atoms with Crippen molar-refractivity contribution in [2.45, 2.75) is 26.1 Å². The van der Waals surface area contributed by atoms with Crippen LogP contribution in [0.3, 0.4) is 0 Å². The zero-order valence-electron chi connectivity index (χ0n) is 20.3. The molecule has 0 spiro atoms. The Bertz CT molecular complexity index is 1700. The third-order valence-corrected chi connectivity index (χ3v) is 6.08. The highest BCUT2D eigenvalue weighted by molar-refractivity contribution is 5.97. The molecule has 0 saturated carbocycles. The van der Waals surface area contributed by atoms with Gasteiger partial charge in [-0.05, 0) is 60.5 Å². The lowest BCUT2D eigenvalue weighted by Gasteiger charge is -2.08. The largest absolute Gasteiger partial charge is 0.416 e. The molecule has 0 amide bonds. The summed E-state index contributed by atoms with van der Waals surface area (Å²) in [7, 11) is 0. The molecule has 3 aromatic heterocycles. The molecule has 0 unspecified atom stereocenters. The highest BCUT2D eigenvalue weighted by atomic mass is 19.4. The van der Waals surface area contributed by atoms with Crippen molar-refractivity contribution in [2.75, 3.05) is 0 Å². The van der Waals surface area contributed by atoms with Gasteiger partial charge in [0.15, 0.2) is 5.78 Å². The van der Waals surface area contributed by atoms with E-state index in [0.717, 1.165) is 46.1 Å². The van der Waals surface area contributed by atoms with E-state index in [9.17, 15) is 18.0 Å². The smallest absolute Gasteiger partial charge is 0.326 e. The number of carbonyl (C=O) groups is 1. The Hall–Kier alpha value is -4.77. The number of hydrogen-bond acceptors (Lipinski definition) is 4. The number of pyridine rings is 2. The normalized spacial score (nSPS) is 11.3.